The molecule has 0 amide bonds. The van der Waals surface area contributed by atoms with E-state index in [0.717, 1.165) is 31.3 Å². The standard InChI is InChI=1S/C17H27ClN2O/c1-13(2)19-11-15-4-5-17(16(18)10-15)20-8-6-14(7-9-20)12-21-3/h4-5,10,13-14,19H,6-9,11-12H2,1-3H3. The van der Waals surface area contributed by atoms with Crippen LogP contribution in [0.25, 0.3) is 0 Å². The summed E-state index contributed by atoms with van der Waals surface area (Å²) in [5.74, 6) is 0.694. The van der Waals surface area contributed by atoms with Crippen molar-refractivity contribution in [3.8, 4) is 0 Å². The van der Waals surface area contributed by atoms with Crippen LogP contribution >= 0.6 is 11.6 Å². The Kier molecular flexibility index (Phi) is 6.34. The van der Waals surface area contributed by atoms with Crippen LogP contribution < -0.4 is 10.2 Å². The number of piperidine rings is 1. The Balaban J connectivity index is 1.95. The summed E-state index contributed by atoms with van der Waals surface area (Å²) in [4.78, 5) is 2.40. The van der Waals surface area contributed by atoms with Crippen molar-refractivity contribution in [2.45, 2.75) is 39.3 Å². The number of rotatable bonds is 6. The highest BCUT2D eigenvalue weighted by Gasteiger charge is 2.20. The van der Waals surface area contributed by atoms with Crippen molar-refractivity contribution in [1.29, 1.82) is 0 Å². The van der Waals surface area contributed by atoms with Gasteiger partial charge in [0.2, 0.25) is 0 Å². The third-order valence-corrected chi connectivity index (χ3v) is 4.39. The fourth-order valence-corrected chi connectivity index (χ4v) is 3.14. The highest BCUT2D eigenvalue weighted by molar-refractivity contribution is 6.33. The maximum atomic E-state index is 6.48. The summed E-state index contributed by atoms with van der Waals surface area (Å²) in [5.41, 5.74) is 2.41. The molecule has 0 saturated carbocycles. The lowest BCUT2D eigenvalue weighted by Crippen LogP contribution is -2.35. The maximum Gasteiger partial charge on any atom is 0.0642 e. The monoisotopic (exact) mass is 310 g/mol. The van der Waals surface area contributed by atoms with Gasteiger partial charge in [-0.1, -0.05) is 31.5 Å². The van der Waals surface area contributed by atoms with Crippen LogP contribution in [0.5, 0.6) is 0 Å². The molecule has 2 rings (SSSR count). The van der Waals surface area contributed by atoms with Crippen molar-refractivity contribution < 1.29 is 4.74 Å². The molecule has 1 aromatic carbocycles. The SMILES string of the molecule is COCC1CCN(c2ccc(CNC(C)C)cc2Cl)CC1. The van der Waals surface area contributed by atoms with Gasteiger partial charge in [-0.3, -0.25) is 0 Å². The predicted molar refractivity (Wildman–Crippen MR) is 90.2 cm³/mol. The molecule has 0 unspecified atom stereocenters. The maximum absolute atomic E-state index is 6.48. The lowest BCUT2D eigenvalue weighted by Gasteiger charge is -2.34. The normalized spacial score (nSPS) is 16.7. The summed E-state index contributed by atoms with van der Waals surface area (Å²) in [6.45, 7) is 8.18. The number of nitrogens with zero attached hydrogens (tertiary/aromatic N) is 1. The van der Waals surface area contributed by atoms with Gasteiger partial charge in [-0.05, 0) is 36.5 Å². The minimum atomic E-state index is 0.489. The second-order valence-electron chi connectivity index (χ2n) is 6.21. The highest BCUT2D eigenvalue weighted by Crippen LogP contribution is 2.30. The van der Waals surface area contributed by atoms with E-state index in [9.17, 15) is 0 Å². The van der Waals surface area contributed by atoms with E-state index in [2.05, 4.69) is 42.3 Å². The third kappa shape index (κ3) is 4.87. The van der Waals surface area contributed by atoms with Crippen molar-refractivity contribution in [2.24, 2.45) is 5.92 Å². The molecule has 4 heteroatoms. The van der Waals surface area contributed by atoms with Crippen LogP contribution in [0.3, 0.4) is 0 Å². The fourth-order valence-electron chi connectivity index (χ4n) is 2.82. The van der Waals surface area contributed by atoms with Crippen LogP contribution in [0, 0.1) is 5.92 Å². The van der Waals surface area contributed by atoms with Gasteiger partial charge in [0.15, 0.2) is 0 Å². The first-order valence-corrected chi connectivity index (χ1v) is 8.23. The van der Waals surface area contributed by atoms with E-state index in [-0.39, 0.29) is 0 Å². The topological polar surface area (TPSA) is 24.5 Å². The van der Waals surface area contributed by atoms with Gasteiger partial charge in [-0.25, -0.2) is 0 Å². The Labute approximate surface area is 133 Å². The number of methoxy groups -OCH3 is 1. The van der Waals surface area contributed by atoms with Gasteiger partial charge < -0.3 is 15.0 Å². The second-order valence-corrected chi connectivity index (χ2v) is 6.61. The predicted octanol–water partition coefficient (Wildman–Crippen LogP) is 3.70. The van der Waals surface area contributed by atoms with Gasteiger partial charge in [-0.15, -0.1) is 0 Å². The second kappa shape index (κ2) is 8.02. The zero-order valence-corrected chi connectivity index (χ0v) is 14.1. The summed E-state index contributed by atoms with van der Waals surface area (Å²) in [5, 5.41) is 4.29. The van der Waals surface area contributed by atoms with Gasteiger partial charge in [0, 0.05) is 39.4 Å². The smallest absolute Gasteiger partial charge is 0.0642 e. The molecule has 0 bridgehead atoms. The van der Waals surface area contributed by atoms with E-state index < -0.39 is 0 Å². The van der Waals surface area contributed by atoms with E-state index >= 15 is 0 Å². The molecule has 0 radical (unpaired) electrons. The number of halogens is 1. The van der Waals surface area contributed by atoms with E-state index in [0.29, 0.717) is 12.0 Å². The number of hydrogen-bond acceptors (Lipinski definition) is 3. The Morgan fingerprint density at radius 3 is 2.62 bits per heavy atom. The van der Waals surface area contributed by atoms with Gasteiger partial charge >= 0.3 is 0 Å². The summed E-state index contributed by atoms with van der Waals surface area (Å²) >= 11 is 6.48. The Hall–Kier alpha value is -0.770. The summed E-state index contributed by atoms with van der Waals surface area (Å²) in [6, 6.07) is 6.92. The lowest BCUT2D eigenvalue weighted by molar-refractivity contribution is 0.139. The molecule has 0 atom stereocenters. The van der Waals surface area contributed by atoms with Gasteiger partial charge in [0.25, 0.3) is 0 Å². The summed E-state index contributed by atoms with van der Waals surface area (Å²) in [7, 11) is 1.78. The van der Waals surface area contributed by atoms with E-state index in [1.54, 1.807) is 7.11 Å². The first kappa shape index (κ1) is 16.6. The van der Waals surface area contributed by atoms with Crippen LogP contribution in [-0.2, 0) is 11.3 Å². The molecule has 0 spiro atoms. The molecule has 1 aliphatic rings. The molecule has 3 nitrogen and oxygen atoms in total. The van der Waals surface area contributed by atoms with Crippen molar-refractivity contribution in [3.63, 3.8) is 0 Å². The third-order valence-electron chi connectivity index (χ3n) is 4.08. The van der Waals surface area contributed by atoms with Crippen molar-refractivity contribution >= 4 is 17.3 Å². The molecule has 1 saturated heterocycles. The largest absolute Gasteiger partial charge is 0.384 e. The number of benzene rings is 1. The van der Waals surface area contributed by atoms with Crippen LogP contribution in [-0.4, -0.2) is 32.8 Å². The van der Waals surface area contributed by atoms with Crippen LogP contribution in [0.1, 0.15) is 32.3 Å². The molecule has 21 heavy (non-hydrogen) atoms. The minimum Gasteiger partial charge on any atom is -0.384 e. The molecule has 1 aromatic rings. The molecule has 1 aliphatic heterocycles. The van der Waals surface area contributed by atoms with Crippen molar-refractivity contribution in [3.05, 3.63) is 28.8 Å². The molecule has 118 valence electrons. The molecule has 1 heterocycles. The number of nitrogens with one attached hydrogen (secondary N) is 1. The number of anilines is 1. The van der Waals surface area contributed by atoms with Crippen LogP contribution in [0.15, 0.2) is 18.2 Å². The van der Waals surface area contributed by atoms with Gasteiger partial charge in [0.05, 0.1) is 10.7 Å². The fraction of sp³-hybridized carbons (Fsp3) is 0.647. The molecule has 1 fully saturated rings. The Bertz CT molecular complexity index is 442. The van der Waals surface area contributed by atoms with Crippen LogP contribution in [0.4, 0.5) is 5.69 Å². The van der Waals surface area contributed by atoms with E-state index in [1.165, 1.54) is 24.1 Å². The summed E-state index contributed by atoms with van der Waals surface area (Å²) < 4.78 is 5.26. The zero-order chi connectivity index (χ0) is 15.2. The average Bonchev–Trinajstić information content (AvgIpc) is 2.47. The molecular formula is C17H27ClN2O. The zero-order valence-electron chi connectivity index (χ0n) is 13.4. The lowest BCUT2D eigenvalue weighted by atomic mass is 9.97. The Morgan fingerprint density at radius 1 is 1.33 bits per heavy atom. The first-order valence-electron chi connectivity index (χ1n) is 7.86. The Morgan fingerprint density at radius 2 is 2.05 bits per heavy atom. The van der Waals surface area contributed by atoms with Crippen molar-refractivity contribution in [1.82, 2.24) is 5.32 Å². The first-order chi connectivity index (χ1) is 10.1. The van der Waals surface area contributed by atoms with Gasteiger partial charge in [0.1, 0.15) is 0 Å². The minimum absolute atomic E-state index is 0.489. The number of ether oxygens (including phenoxy) is 1. The highest BCUT2D eigenvalue weighted by atomic mass is 35.5. The molecular weight excluding hydrogens is 284 g/mol. The van der Waals surface area contributed by atoms with E-state index in [1.807, 2.05) is 0 Å². The van der Waals surface area contributed by atoms with E-state index in [4.69, 9.17) is 16.3 Å². The molecule has 0 aromatic heterocycles. The van der Waals surface area contributed by atoms with Crippen LogP contribution in [0.2, 0.25) is 5.02 Å². The average molecular weight is 311 g/mol. The molecule has 0 aliphatic carbocycles. The quantitative estimate of drug-likeness (QED) is 0.867. The van der Waals surface area contributed by atoms with Crippen molar-refractivity contribution in [2.75, 3.05) is 31.7 Å². The van der Waals surface area contributed by atoms with Gasteiger partial charge in [-0.2, -0.15) is 0 Å². The number of hydrogen-bond donors (Lipinski definition) is 1. The molecule has 1 N–H and O–H groups in total. The summed E-state index contributed by atoms with van der Waals surface area (Å²) in [6.07, 6.45) is 2.36.